The predicted octanol–water partition coefficient (Wildman–Crippen LogP) is 5.42. The lowest BCUT2D eigenvalue weighted by Crippen LogP contribution is -2.51. The summed E-state index contributed by atoms with van der Waals surface area (Å²) in [5.41, 5.74) is 0.215. The zero-order chi connectivity index (χ0) is 32.4. The summed E-state index contributed by atoms with van der Waals surface area (Å²) < 4.78 is 64.8. The van der Waals surface area contributed by atoms with E-state index in [0.717, 1.165) is 38.9 Å². The van der Waals surface area contributed by atoms with E-state index in [1.807, 2.05) is 0 Å². The van der Waals surface area contributed by atoms with Crippen molar-refractivity contribution in [2.75, 3.05) is 44.2 Å². The molecule has 2 aromatic heterocycles. The third kappa shape index (κ3) is 5.02. The highest BCUT2D eigenvalue weighted by Gasteiger charge is 2.49. The van der Waals surface area contributed by atoms with Crippen LogP contribution in [0.5, 0.6) is 11.8 Å². The number of phenols is 1. The van der Waals surface area contributed by atoms with Crippen molar-refractivity contribution in [3.8, 4) is 35.4 Å². The first-order valence-electron chi connectivity index (χ1n) is 16.2. The number of phenolic OH excluding ortho intramolecular Hbond substituents is 1. The van der Waals surface area contributed by atoms with Gasteiger partial charge in [0.05, 0.1) is 22.2 Å². The number of terminal acetylenes is 1. The zero-order valence-electron chi connectivity index (χ0n) is 25.7. The van der Waals surface area contributed by atoms with Gasteiger partial charge in [-0.2, -0.15) is 9.97 Å². The van der Waals surface area contributed by atoms with Crippen LogP contribution in [-0.4, -0.2) is 82.3 Å². The molecule has 8 nitrogen and oxygen atoms in total. The third-order valence-electron chi connectivity index (χ3n) is 10.5. The molecule has 3 fully saturated rings. The van der Waals surface area contributed by atoms with Gasteiger partial charge in [-0.25, -0.2) is 22.5 Å². The van der Waals surface area contributed by atoms with E-state index >= 15 is 4.39 Å². The molecule has 12 heteroatoms. The Hall–Kier alpha value is -4.21. The second kappa shape index (κ2) is 11.5. The molecular weight excluding hydrogens is 612 g/mol. The van der Waals surface area contributed by atoms with Gasteiger partial charge in [0, 0.05) is 49.6 Å². The van der Waals surface area contributed by atoms with E-state index < -0.39 is 23.6 Å². The quantitative estimate of drug-likeness (QED) is 0.212. The van der Waals surface area contributed by atoms with Gasteiger partial charge in [0.25, 0.3) is 0 Å². The minimum atomic E-state index is -2.36. The summed E-state index contributed by atoms with van der Waals surface area (Å²) in [6.07, 6.45) is 6.82. The SMILES string of the molecule is C#Cc1c(F)ccc2cc(O)cc(-c3nc4c5c(nc(OCC67CCCN6CC(CC(F)F)C7)nc5c3F)N3CCNCC3CC4)c12. The molecule has 244 valence electrons. The number of alkyl halides is 2. The lowest BCUT2D eigenvalue weighted by Gasteiger charge is -2.36. The Morgan fingerprint density at radius 3 is 2.85 bits per heavy atom. The molecule has 4 aliphatic rings. The Morgan fingerprint density at radius 1 is 1.15 bits per heavy atom. The molecule has 2 aromatic carbocycles. The molecule has 0 radical (unpaired) electrons. The summed E-state index contributed by atoms with van der Waals surface area (Å²) in [7, 11) is 0. The number of fused-ring (bicyclic) bond motifs is 4. The summed E-state index contributed by atoms with van der Waals surface area (Å²) >= 11 is 0. The number of benzene rings is 2. The standard InChI is InChI=1S/C35H34F4N6O2/c1-2-23-25(36)6-4-20-13-22(46)14-24(28(20)23)31-30(39)32-29-26(41-31)7-5-21-16-40-9-11-45(21)33(29)43-34(42-32)47-18-35-8-3-10-44(35)17-19(15-35)12-27(37)38/h1,4,6,13-14,19,21,27,40,46H,3,5,7-12,15-18H2. The molecule has 0 amide bonds. The van der Waals surface area contributed by atoms with Gasteiger partial charge in [-0.15, -0.1) is 6.42 Å². The van der Waals surface area contributed by atoms with Crippen molar-refractivity contribution in [2.45, 2.75) is 56.5 Å². The van der Waals surface area contributed by atoms with Crippen molar-refractivity contribution in [1.29, 1.82) is 0 Å². The van der Waals surface area contributed by atoms with Gasteiger partial charge < -0.3 is 20.1 Å². The van der Waals surface area contributed by atoms with E-state index in [1.54, 1.807) is 0 Å². The van der Waals surface area contributed by atoms with Gasteiger partial charge in [0.1, 0.15) is 35.2 Å². The number of ether oxygens (including phenoxy) is 1. The summed E-state index contributed by atoms with van der Waals surface area (Å²) in [6, 6.07) is 5.58. The highest BCUT2D eigenvalue weighted by Crippen LogP contribution is 2.45. The average molecular weight is 647 g/mol. The van der Waals surface area contributed by atoms with Crippen LogP contribution in [0.4, 0.5) is 23.4 Å². The maximum Gasteiger partial charge on any atom is 0.319 e. The van der Waals surface area contributed by atoms with Crippen LogP contribution in [0.3, 0.4) is 0 Å². The van der Waals surface area contributed by atoms with Gasteiger partial charge in [-0.05, 0) is 68.2 Å². The molecule has 47 heavy (non-hydrogen) atoms. The van der Waals surface area contributed by atoms with Crippen LogP contribution in [0.2, 0.25) is 0 Å². The Labute approximate surface area is 269 Å². The average Bonchev–Trinajstić information content (AvgIpc) is 3.54. The second-order valence-electron chi connectivity index (χ2n) is 13.3. The molecule has 0 aliphatic carbocycles. The summed E-state index contributed by atoms with van der Waals surface area (Å²) in [6.45, 7) is 3.72. The molecule has 8 rings (SSSR count). The maximum atomic E-state index is 17.0. The Kier molecular flexibility index (Phi) is 7.37. The number of nitrogens with one attached hydrogen (secondary N) is 1. The fourth-order valence-electron chi connectivity index (χ4n) is 8.45. The Morgan fingerprint density at radius 2 is 2.02 bits per heavy atom. The molecule has 3 unspecified atom stereocenters. The van der Waals surface area contributed by atoms with Gasteiger partial charge in [-0.1, -0.05) is 12.0 Å². The summed E-state index contributed by atoms with van der Waals surface area (Å²) in [5.74, 6) is 1.27. The first-order chi connectivity index (χ1) is 22.7. The predicted molar refractivity (Wildman–Crippen MR) is 170 cm³/mol. The lowest BCUT2D eigenvalue weighted by atomic mass is 9.89. The largest absolute Gasteiger partial charge is 0.508 e. The minimum Gasteiger partial charge on any atom is -0.508 e. The zero-order valence-corrected chi connectivity index (χ0v) is 25.7. The van der Waals surface area contributed by atoms with E-state index in [9.17, 15) is 18.3 Å². The number of pyridine rings is 1. The number of piperazine rings is 1. The first kappa shape index (κ1) is 30.1. The Bertz CT molecular complexity index is 1950. The molecule has 3 atom stereocenters. The lowest BCUT2D eigenvalue weighted by molar-refractivity contribution is 0.106. The Balaban J connectivity index is 1.28. The normalized spacial score (nSPS) is 24.0. The van der Waals surface area contributed by atoms with Crippen molar-refractivity contribution in [3.63, 3.8) is 0 Å². The van der Waals surface area contributed by atoms with Crippen molar-refractivity contribution >= 4 is 27.5 Å². The van der Waals surface area contributed by atoms with Crippen LogP contribution in [0.25, 0.3) is 32.9 Å². The number of rotatable bonds is 6. The second-order valence-corrected chi connectivity index (χ2v) is 13.3. The van der Waals surface area contributed by atoms with Crippen LogP contribution in [0, 0.1) is 29.9 Å². The van der Waals surface area contributed by atoms with Gasteiger partial charge in [0.2, 0.25) is 6.43 Å². The highest BCUT2D eigenvalue weighted by atomic mass is 19.3. The molecule has 3 saturated heterocycles. The van der Waals surface area contributed by atoms with E-state index in [1.165, 1.54) is 24.3 Å². The van der Waals surface area contributed by atoms with Crippen molar-refractivity contribution in [1.82, 2.24) is 25.2 Å². The van der Waals surface area contributed by atoms with Crippen LogP contribution in [0.15, 0.2) is 24.3 Å². The van der Waals surface area contributed by atoms with Crippen LogP contribution in [0.1, 0.15) is 43.4 Å². The number of nitrogens with zero attached hydrogens (tertiary/aromatic N) is 5. The first-order valence-corrected chi connectivity index (χ1v) is 16.2. The van der Waals surface area contributed by atoms with Gasteiger partial charge in [-0.3, -0.25) is 4.90 Å². The number of halogens is 4. The molecule has 0 saturated carbocycles. The molecule has 2 N–H and O–H groups in total. The monoisotopic (exact) mass is 646 g/mol. The van der Waals surface area contributed by atoms with Crippen molar-refractivity contribution < 1.29 is 27.4 Å². The van der Waals surface area contributed by atoms with Gasteiger partial charge in [0.15, 0.2) is 5.82 Å². The molecule has 4 aliphatic heterocycles. The maximum absolute atomic E-state index is 17.0. The van der Waals surface area contributed by atoms with E-state index in [2.05, 4.69) is 26.0 Å². The van der Waals surface area contributed by atoms with E-state index in [4.69, 9.17) is 21.1 Å². The number of hydrogen-bond acceptors (Lipinski definition) is 8. The van der Waals surface area contributed by atoms with Crippen LogP contribution >= 0.6 is 0 Å². The molecule has 0 spiro atoms. The van der Waals surface area contributed by atoms with Crippen molar-refractivity contribution in [2.24, 2.45) is 5.92 Å². The number of aromatic hydroxyl groups is 1. The fourth-order valence-corrected chi connectivity index (χ4v) is 8.45. The van der Waals surface area contributed by atoms with E-state index in [0.29, 0.717) is 48.2 Å². The number of aromatic nitrogens is 3. The van der Waals surface area contributed by atoms with Crippen LogP contribution < -0.4 is 15.0 Å². The smallest absolute Gasteiger partial charge is 0.319 e. The highest BCUT2D eigenvalue weighted by molar-refractivity contribution is 6.03. The van der Waals surface area contributed by atoms with Crippen LogP contribution in [-0.2, 0) is 6.42 Å². The number of hydrogen-bond donors (Lipinski definition) is 2. The third-order valence-corrected chi connectivity index (χ3v) is 10.5. The van der Waals surface area contributed by atoms with Gasteiger partial charge >= 0.3 is 6.01 Å². The number of anilines is 1. The minimum absolute atomic E-state index is 0.00309. The summed E-state index contributed by atoms with van der Waals surface area (Å²) in [5, 5.41) is 15.3. The van der Waals surface area contributed by atoms with E-state index in [-0.39, 0.29) is 64.5 Å². The molecule has 6 heterocycles. The molecule has 0 bridgehead atoms. The topological polar surface area (TPSA) is 86.6 Å². The molecular formula is C35H34F4N6O2. The summed E-state index contributed by atoms with van der Waals surface area (Å²) in [4.78, 5) is 18.7. The number of aryl methyl sites for hydroxylation is 1. The molecule has 4 aromatic rings. The van der Waals surface area contributed by atoms with Crippen molar-refractivity contribution in [3.05, 3.63) is 47.2 Å². The fraction of sp³-hybridized carbons (Fsp3) is 0.457.